The first-order valence-electron chi connectivity index (χ1n) is 6.35. The second-order valence-electron chi connectivity index (χ2n) is 5.35. The molecule has 0 saturated carbocycles. The number of rotatable bonds is 7. The van der Waals surface area contributed by atoms with Crippen molar-refractivity contribution < 1.29 is 0 Å². The summed E-state index contributed by atoms with van der Waals surface area (Å²) in [5.41, 5.74) is 0.169. The molecule has 17 heavy (non-hydrogen) atoms. The van der Waals surface area contributed by atoms with Crippen LogP contribution in [0.3, 0.4) is 0 Å². The summed E-state index contributed by atoms with van der Waals surface area (Å²) < 4.78 is 2.22. The highest BCUT2D eigenvalue weighted by Crippen LogP contribution is 2.08. The van der Waals surface area contributed by atoms with E-state index in [1.165, 1.54) is 0 Å². The van der Waals surface area contributed by atoms with Crippen molar-refractivity contribution in [1.29, 1.82) is 0 Å². The van der Waals surface area contributed by atoms with E-state index in [-0.39, 0.29) is 5.54 Å². The van der Waals surface area contributed by atoms with Crippen molar-refractivity contribution in [2.75, 3.05) is 20.6 Å². The zero-order valence-corrected chi connectivity index (χ0v) is 11.8. The predicted molar refractivity (Wildman–Crippen MR) is 72.0 cm³/mol. The standard InChI is InChI=1S/C13H26N4/c1-6-8-17-9-7-15-12(17)10-14-11-13(2,3)16(4)5/h7,9,14H,6,8,10-11H2,1-5H3. The molecular weight excluding hydrogens is 212 g/mol. The molecule has 0 fully saturated rings. The van der Waals surface area contributed by atoms with E-state index in [4.69, 9.17) is 0 Å². The zero-order valence-electron chi connectivity index (χ0n) is 11.8. The molecule has 1 heterocycles. The number of imidazole rings is 1. The van der Waals surface area contributed by atoms with Crippen LogP contribution in [0.1, 0.15) is 33.0 Å². The molecule has 1 aromatic rings. The van der Waals surface area contributed by atoms with Crippen LogP contribution in [0.5, 0.6) is 0 Å². The first kappa shape index (κ1) is 14.2. The molecule has 98 valence electrons. The van der Waals surface area contributed by atoms with E-state index in [1.807, 2.05) is 6.20 Å². The van der Waals surface area contributed by atoms with Gasteiger partial charge in [-0.15, -0.1) is 0 Å². The van der Waals surface area contributed by atoms with Crippen LogP contribution in [-0.2, 0) is 13.1 Å². The Bertz CT molecular complexity index is 328. The number of likely N-dealkylation sites (N-methyl/N-ethyl adjacent to an activating group) is 1. The van der Waals surface area contributed by atoms with Gasteiger partial charge in [0.15, 0.2) is 0 Å². The molecule has 1 rings (SSSR count). The number of hydrogen-bond donors (Lipinski definition) is 1. The number of aryl methyl sites for hydroxylation is 1. The van der Waals surface area contributed by atoms with Crippen LogP contribution in [0, 0.1) is 0 Å². The summed E-state index contributed by atoms with van der Waals surface area (Å²) >= 11 is 0. The molecule has 0 spiro atoms. The summed E-state index contributed by atoms with van der Waals surface area (Å²) in [4.78, 5) is 6.62. The lowest BCUT2D eigenvalue weighted by atomic mass is 10.0. The van der Waals surface area contributed by atoms with Gasteiger partial charge >= 0.3 is 0 Å². The molecule has 4 heteroatoms. The van der Waals surface area contributed by atoms with Gasteiger partial charge in [-0.25, -0.2) is 4.98 Å². The minimum absolute atomic E-state index is 0.169. The van der Waals surface area contributed by atoms with Gasteiger partial charge in [0, 0.05) is 31.0 Å². The highest BCUT2D eigenvalue weighted by molar-refractivity contribution is 4.92. The first-order valence-corrected chi connectivity index (χ1v) is 6.35. The van der Waals surface area contributed by atoms with Crippen LogP contribution in [0.25, 0.3) is 0 Å². The van der Waals surface area contributed by atoms with Gasteiger partial charge in [0.1, 0.15) is 5.82 Å². The number of nitrogens with one attached hydrogen (secondary N) is 1. The van der Waals surface area contributed by atoms with Gasteiger partial charge in [0.2, 0.25) is 0 Å². The van der Waals surface area contributed by atoms with Crippen LogP contribution in [0.2, 0.25) is 0 Å². The lowest BCUT2D eigenvalue weighted by molar-refractivity contribution is 0.189. The molecule has 0 aromatic carbocycles. The maximum Gasteiger partial charge on any atom is 0.122 e. The second kappa shape index (κ2) is 6.17. The number of aromatic nitrogens is 2. The zero-order chi connectivity index (χ0) is 12.9. The highest BCUT2D eigenvalue weighted by Gasteiger charge is 2.19. The molecule has 0 unspecified atom stereocenters. The maximum absolute atomic E-state index is 4.39. The Morgan fingerprint density at radius 1 is 1.41 bits per heavy atom. The van der Waals surface area contributed by atoms with Crippen LogP contribution in [0.15, 0.2) is 12.4 Å². The van der Waals surface area contributed by atoms with Crippen molar-refractivity contribution >= 4 is 0 Å². The Hall–Kier alpha value is -0.870. The summed E-state index contributed by atoms with van der Waals surface area (Å²) in [6.07, 6.45) is 5.08. The van der Waals surface area contributed by atoms with Gasteiger partial charge in [0.05, 0.1) is 6.54 Å². The van der Waals surface area contributed by atoms with Crippen LogP contribution in [0.4, 0.5) is 0 Å². The number of nitrogens with zero attached hydrogens (tertiary/aromatic N) is 3. The fraction of sp³-hybridized carbons (Fsp3) is 0.769. The fourth-order valence-electron chi connectivity index (χ4n) is 1.59. The van der Waals surface area contributed by atoms with Crippen molar-refractivity contribution in [3.05, 3.63) is 18.2 Å². The molecule has 4 nitrogen and oxygen atoms in total. The monoisotopic (exact) mass is 238 g/mol. The van der Waals surface area contributed by atoms with Crippen molar-refractivity contribution in [3.63, 3.8) is 0 Å². The van der Waals surface area contributed by atoms with E-state index < -0.39 is 0 Å². The Labute approximate surface area is 105 Å². The fourth-order valence-corrected chi connectivity index (χ4v) is 1.59. The van der Waals surface area contributed by atoms with Crippen molar-refractivity contribution in [3.8, 4) is 0 Å². The minimum Gasteiger partial charge on any atom is -0.334 e. The largest absolute Gasteiger partial charge is 0.334 e. The molecule has 0 radical (unpaired) electrons. The minimum atomic E-state index is 0.169. The summed E-state index contributed by atoms with van der Waals surface area (Å²) in [5.74, 6) is 1.13. The average Bonchev–Trinajstić information content (AvgIpc) is 2.66. The lowest BCUT2D eigenvalue weighted by Gasteiger charge is -2.32. The lowest BCUT2D eigenvalue weighted by Crippen LogP contribution is -2.46. The number of hydrogen-bond acceptors (Lipinski definition) is 3. The van der Waals surface area contributed by atoms with Gasteiger partial charge in [-0.1, -0.05) is 6.92 Å². The third-order valence-electron chi connectivity index (χ3n) is 3.32. The normalized spacial score (nSPS) is 12.4. The summed E-state index contributed by atoms with van der Waals surface area (Å²) in [6, 6.07) is 0. The first-order chi connectivity index (χ1) is 7.97. The van der Waals surface area contributed by atoms with E-state index in [2.05, 4.69) is 60.8 Å². The van der Waals surface area contributed by atoms with E-state index in [9.17, 15) is 0 Å². The summed E-state index contributed by atoms with van der Waals surface area (Å²) in [7, 11) is 4.22. The smallest absolute Gasteiger partial charge is 0.122 e. The van der Waals surface area contributed by atoms with Crippen LogP contribution in [-0.4, -0.2) is 40.6 Å². The molecular formula is C13H26N4. The molecule has 0 amide bonds. The quantitative estimate of drug-likeness (QED) is 0.785. The van der Waals surface area contributed by atoms with E-state index >= 15 is 0 Å². The van der Waals surface area contributed by atoms with E-state index in [1.54, 1.807) is 0 Å². The van der Waals surface area contributed by atoms with Gasteiger partial charge in [0.25, 0.3) is 0 Å². The molecule has 0 aliphatic heterocycles. The van der Waals surface area contributed by atoms with E-state index in [0.717, 1.165) is 31.9 Å². The second-order valence-corrected chi connectivity index (χ2v) is 5.35. The Morgan fingerprint density at radius 2 is 2.12 bits per heavy atom. The van der Waals surface area contributed by atoms with Gasteiger partial charge in [-0.05, 0) is 34.4 Å². The molecule has 0 bridgehead atoms. The molecule has 1 aromatic heterocycles. The van der Waals surface area contributed by atoms with E-state index in [0.29, 0.717) is 0 Å². The molecule has 1 N–H and O–H groups in total. The average molecular weight is 238 g/mol. The molecule has 0 aliphatic carbocycles. The van der Waals surface area contributed by atoms with Crippen molar-refractivity contribution in [2.24, 2.45) is 0 Å². The third-order valence-corrected chi connectivity index (χ3v) is 3.32. The van der Waals surface area contributed by atoms with Gasteiger partial charge in [-0.2, -0.15) is 0 Å². The highest BCUT2D eigenvalue weighted by atomic mass is 15.2. The Kier molecular flexibility index (Phi) is 5.15. The topological polar surface area (TPSA) is 33.1 Å². The van der Waals surface area contributed by atoms with Gasteiger partial charge < -0.3 is 14.8 Å². The van der Waals surface area contributed by atoms with Crippen molar-refractivity contribution in [1.82, 2.24) is 19.8 Å². The Balaban J connectivity index is 2.43. The van der Waals surface area contributed by atoms with Crippen LogP contribution >= 0.6 is 0 Å². The summed E-state index contributed by atoms with van der Waals surface area (Å²) in [5, 5.41) is 3.48. The predicted octanol–water partition coefficient (Wildman–Crippen LogP) is 1.72. The Morgan fingerprint density at radius 3 is 2.71 bits per heavy atom. The van der Waals surface area contributed by atoms with Gasteiger partial charge in [-0.3, -0.25) is 0 Å². The maximum atomic E-state index is 4.39. The molecule has 0 atom stereocenters. The SMILES string of the molecule is CCCn1ccnc1CNCC(C)(C)N(C)C. The van der Waals surface area contributed by atoms with Crippen LogP contribution < -0.4 is 5.32 Å². The van der Waals surface area contributed by atoms with Crippen molar-refractivity contribution in [2.45, 2.75) is 45.8 Å². The summed E-state index contributed by atoms with van der Waals surface area (Å²) in [6.45, 7) is 9.50. The molecule has 0 saturated heterocycles. The third kappa shape index (κ3) is 4.13. The molecule has 0 aliphatic rings.